The molecule has 0 aliphatic heterocycles. The summed E-state index contributed by atoms with van der Waals surface area (Å²) < 4.78 is 5.42. The molecule has 1 atom stereocenters. The molecule has 1 unspecified atom stereocenters. The molecule has 1 nitrogen and oxygen atoms in total. The zero-order valence-corrected chi connectivity index (χ0v) is 14.6. The first-order valence-electron chi connectivity index (χ1n) is 8.62. The molecule has 0 N–H and O–H groups in total. The summed E-state index contributed by atoms with van der Waals surface area (Å²) in [7, 11) is 1.76. The summed E-state index contributed by atoms with van der Waals surface area (Å²) in [6, 6.07) is 6.58. The van der Waals surface area contributed by atoms with Crippen LogP contribution < -0.4 is 4.74 Å². The van der Waals surface area contributed by atoms with E-state index in [-0.39, 0.29) is 0 Å². The van der Waals surface area contributed by atoms with Crippen LogP contribution in [0.4, 0.5) is 0 Å². The lowest BCUT2D eigenvalue weighted by atomic mass is 9.81. The minimum atomic E-state index is 0.664. The molecule has 0 fully saturated rings. The summed E-state index contributed by atoms with van der Waals surface area (Å²) in [5, 5.41) is 0. The molecule has 0 saturated heterocycles. The van der Waals surface area contributed by atoms with Gasteiger partial charge in [0.1, 0.15) is 5.75 Å². The molecule has 0 amide bonds. The van der Waals surface area contributed by atoms with Gasteiger partial charge in [0.05, 0.1) is 7.11 Å². The van der Waals surface area contributed by atoms with E-state index in [1.54, 1.807) is 12.7 Å². The van der Waals surface area contributed by atoms with Crippen molar-refractivity contribution in [3.63, 3.8) is 0 Å². The first-order valence-corrected chi connectivity index (χ1v) is 8.62. The molecule has 0 aromatic heterocycles. The maximum absolute atomic E-state index is 5.42. The third-order valence-corrected chi connectivity index (χ3v) is 4.70. The van der Waals surface area contributed by atoms with Crippen LogP contribution in [0, 0.1) is 0 Å². The third kappa shape index (κ3) is 4.50. The van der Waals surface area contributed by atoms with E-state index in [2.05, 4.69) is 51.1 Å². The Balaban J connectivity index is 2.04. The monoisotopic (exact) mass is 298 g/mol. The number of benzene rings is 1. The van der Waals surface area contributed by atoms with Gasteiger partial charge in [-0.1, -0.05) is 36.3 Å². The second-order valence-corrected chi connectivity index (χ2v) is 6.57. The predicted molar refractivity (Wildman–Crippen MR) is 95.7 cm³/mol. The van der Waals surface area contributed by atoms with Crippen molar-refractivity contribution in [2.24, 2.45) is 0 Å². The molecule has 0 spiro atoms. The molecule has 120 valence electrons. The van der Waals surface area contributed by atoms with Gasteiger partial charge in [0.15, 0.2) is 0 Å². The SMILES string of the molecule is CCc1ccc(OC)cc1C1CC=C(CCC=C(C)C)CC1. The predicted octanol–water partition coefficient (Wildman–Crippen LogP) is 6.20. The average molecular weight is 298 g/mol. The summed E-state index contributed by atoms with van der Waals surface area (Å²) in [6.45, 7) is 6.61. The van der Waals surface area contributed by atoms with Crippen LogP contribution in [-0.4, -0.2) is 7.11 Å². The molecular weight excluding hydrogens is 268 g/mol. The van der Waals surface area contributed by atoms with Gasteiger partial charge in [0.25, 0.3) is 0 Å². The summed E-state index contributed by atoms with van der Waals surface area (Å²) >= 11 is 0. The second kappa shape index (κ2) is 8.22. The maximum atomic E-state index is 5.42. The normalized spacial score (nSPS) is 17.8. The Kier molecular flexibility index (Phi) is 6.30. The van der Waals surface area contributed by atoms with Gasteiger partial charge in [-0.15, -0.1) is 0 Å². The summed E-state index contributed by atoms with van der Waals surface area (Å²) in [4.78, 5) is 0. The molecule has 1 aromatic rings. The third-order valence-electron chi connectivity index (χ3n) is 4.70. The number of allylic oxidation sites excluding steroid dienone is 4. The van der Waals surface area contributed by atoms with Gasteiger partial charge in [-0.25, -0.2) is 0 Å². The first-order chi connectivity index (χ1) is 10.6. The van der Waals surface area contributed by atoms with Crippen LogP contribution in [0.3, 0.4) is 0 Å². The molecule has 1 heteroatoms. The number of hydrogen-bond donors (Lipinski definition) is 0. The minimum absolute atomic E-state index is 0.664. The zero-order chi connectivity index (χ0) is 15.9. The summed E-state index contributed by atoms with van der Waals surface area (Å²) in [5.41, 5.74) is 6.06. The van der Waals surface area contributed by atoms with Crippen molar-refractivity contribution in [2.45, 2.75) is 65.2 Å². The van der Waals surface area contributed by atoms with Crippen molar-refractivity contribution in [1.29, 1.82) is 0 Å². The molecule has 22 heavy (non-hydrogen) atoms. The molecule has 0 saturated carbocycles. The maximum Gasteiger partial charge on any atom is 0.119 e. The van der Waals surface area contributed by atoms with Crippen LogP contribution in [0.15, 0.2) is 41.5 Å². The van der Waals surface area contributed by atoms with E-state index in [9.17, 15) is 0 Å². The molecule has 1 aliphatic carbocycles. The van der Waals surface area contributed by atoms with E-state index in [4.69, 9.17) is 4.74 Å². The lowest BCUT2D eigenvalue weighted by Gasteiger charge is -2.24. The highest BCUT2D eigenvalue weighted by molar-refractivity contribution is 5.39. The smallest absolute Gasteiger partial charge is 0.119 e. The van der Waals surface area contributed by atoms with Gasteiger partial charge in [0, 0.05) is 0 Å². The number of aryl methyl sites for hydroxylation is 1. The van der Waals surface area contributed by atoms with Crippen LogP contribution in [0.5, 0.6) is 5.75 Å². The van der Waals surface area contributed by atoms with E-state index in [0.29, 0.717) is 5.92 Å². The standard InChI is InChI=1S/C21H30O/c1-5-18-13-14-20(22-4)15-21(18)19-11-9-17(10-12-19)8-6-7-16(2)3/h7,9,13-15,19H,5-6,8,10-12H2,1-4H3. The van der Waals surface area contributed by atoms with Crippen molar-refractivity contribution >= 4 is 0 Å². The highest BCUT2D eigenvalue weighted by Crippen LogP contribution is 2.36. The fraction of sp³-hybridized carbons (Fsp3) is 0.524. The minimum Gasteiger partial charge on any atom is -0.497 e. The highest BCUT2D eigenvalue weighted by Gasteiger charge is 2.19. The van der Waals surface area contributed by atoms with E-state index in [0.717, 1.165) is 12.2 Å². The van der Waals surface area contributed by atoms with Crippen LogP contribution >= 0.6 is 0 Å². The van der Waals surface area contributed by atoms with Gasteiger partial charge in [-0.05, 0) is 81.5 Å². The Labute approximate surface area is 136 Å². The van der Waals surface area contributed by atoms with Crippen molar-refractivity contribution < 1.29 is 4.74 Å². The van der Waals surface area contributed by atoms with Gasteiger partial charge < -0.3 is 4.74 Å². The fourth-order valence-electron chi connectivity index (χ4n) is 3.35. The quantitative estimate of drug-likeness (QED) is 0.568. The molecule has 0 radical (unpaired) electrons. The topological polar surface area (TPSA) is 9.23 Å². The highest BCUT2D eigenvalue weighted by atomic mass is 16.5. The number of hydrogen-bond acceptors (Lipinski definition) is 1. The van der Waals surface area contributed by atoms with Crippen molar-refractivity contribution in [3.8, 4) is 5.75 Å². The number of rotatable bonds is 6. The van der Waals surface area contributed by atoms with Crippen LogP contribution in [0.2, 0.25) is 0 Å². The Morgan fingerprint density at radius 2 is 2.14 bits per heavy atom. The largest absolute Gasteiger partial charge is 0.497 e. The molecule has 1 aromatic carbocycles. The van der Waals surface area contributed by atoms with Gasteiger partial charge in [-0.3, -0.25) is 0 Å². The van der Waals surface area contributed by atoms with Crippen LogP contribution in [-0.2, 0) is 6.42 Å². The fourth-order valence-corrected chi connectivity index (χ4v) is 3.35. The van der Waals surface area contributed by atoms with Crippen LogP contribution in [0.25, 0.3) is 0 Å². The molecule has 0 bridgehead atoms. The van der Waals surface area contributed by atoms with Crippen LogP contribution in [0.1, 0.15) is 69.9 Å². The van der Waals surface area contributed by atoms with E-state index in [1.165, 1.54) is 48.8 Å². The molecule has 2 rings (SSSR count). The second-order valence-electron chi connectivity index (χ2n) is 6.57. The van der Waals surface area contributed by atoms with E-state index < -0.39 is 0 Å². The Hall–Kier alpha value is -1.50. The number of ether oxygens (including phenoxy) is 1. The lowest BCUT2D eigenvalue weighted by Crippen LogP contribution is -2.07. The van der Waals surface area contributed by atoms with Crippen molar-refractivity contribution in [1.82, 2.24) is 0 Å². The van der Waals surface area contributed by atoms with E-state index in [1.807, 2.05) is 0 Å². The summed E-state index contributed by atoms with van der Waals surface area (Å²) in [6.07, 6.45) is 12.1. The van der Waals surface area contributed by atoms with E-state index >= 15 is 0 Å². The van der Waals surface area contributed by atoms with Crippen molar-refractivity contribution in [3.05, 3.63) is 52.6 Å². The zero-order valence-electron chi connectivity index (χ0n) is 14.6. The first kappa shape index (κ1) is 16.9. The van der Waals surface area contributed by atoms with Crippen molar-refractivity contribution in [2.75, 3.05) is 7.11 Å². The molecule has 0 heterocycles. The Morgan fingerprint density at radius 1 is 1.32 bits per heavy atom. The average Bonchev–Trinajstić information content (AvgIpc) is 2.54. The molecular formula is C21H30O. The van der Waals surface area contributed by atoms with Gasteiger partial charge >= 0.3 is 0 Å². The Bertz CT molecular complexity index is 547. The summed E-state index contributed by atoms with van der Waals surface area (Å²) in [5.74, 6) is 1.66. The Morgan fingerprint density at radius 3 is 2.73 bits per heavy atom. The molecule has 1 aliphatic rings. The van der Waals surface area contributed by atoms with Gasteiger partial charge in [-0.2, -0.15) is 0 Å². The number of methoxy groups -OCH3 is 1. The lowest BCUT2D eigenvalue weighted by molar-refractivity contribution is 0.413. The van der Waals surface area contributed by atoms with Gasteiger partial charge in [0.2, 0.25) is 0 Å².